The number of thiophene rings is 1. The van der Waals surface area contributed by atoms with E-state index in [0.29, 0.717) is 11.6 Å². The quantitative estimate of drug-likeness (QED) is 0.633. The van der Waals surface area contributed by atoms with Crippen molar-refractivity contribution in [1.82, 2.24) is 0 Å². The highest BCUT2D eigenvalue weighted by molar-refractivity contribution is 7.92. The normalized spacial score (nSPS) is 11.7. The van der Waals surface area contributed by atoms with Gasteiger partial charge in [0.1, 0.15) is 0 Å². The van der Waals surface area contributed by atoms with Crippen molar-refractivity contribution in [2.24, 2.45) is 0 Å². The van der Waals surface area contributed by atoms with Gasteiger partial charge < -0.3 is 0 Å². The molecule has 2 aromatic carbocycles. The average molecular weight is 366 g/mol. The summed E-state index contributed by atoms with van der Waals surface area (Å²) in [7, 11) is -3.57. The Morgan fingerprint density at radius 3 is 2.57 bits per heavy atom. The van der Waals surface area contributed by atoms with Crippen LogP contribution < -0.4 is 4.72 Å². The molecule has 0 unspecified atom stereocenters. The van der Waals surface area contributed by atoms with E-state index in [2.05, 4.69) is 4.72 Å². The van der Waals surface area contributed by atoms with Crippen LogP contribution in [0.15, 0.2) is 58.8 Å². The lowest BCUT2D eigenvalue weighted by atomic mass is 10.1. The van der Waals surface area contributed by atoms with Gasteiger partial charge in [-0.25, -0.2) is 8.42 Å². The van der Waals surface area contributed by atoms with E-state index in [0.717, 1.165) is 28.5 Å². The number of hydrogen-bond donors (Lipinski definition) is 1. The van der Waals surface area contributed by atoms with E-state index < -0.39 is 10.0 Å². The molecule has 0 bridgehead atoms. The first-order valence-electron chi connectivity index (χ1n) is 7.23. The minimum Gasteiger partial charge on any atom is -0.280 e. The molecule has 1 aromatic heterocycles. The summed E-state index contributed by atoms with van der Waals surface area (Å²) in [6.45, 7) is 0. The van der Waals surface area contributed by atoms with Gasteiger partial charge in [0.25, 0.3) is 10.0 Å². The molecule has 120 valence electrons. The largest absolute Gasteiger partial charge is 0.280 e. The topological polar surface area (TPSA) is 46.2 Å². The molecule has 0 atom stereocenters. The molecule has 0 amide bonds. The molecule has 1 N–H and O–H groups in total. The third-order valence-corrected chi connectivity index (χ3v) is 6.10. The maximum absolute atomic E-state index is 12.5. The standard InChI is InChI=1S/C17H16ClNO2S2/c18-10-1-2-13-3-6-16(7-4-13)23(20,21)19-15-5-8-17-14(12-15)9-11-22-17/h3-9,11-12,19H,1-2,10H2. The summed E-state index contributed by atoms with van der Waals surface area (Å²) in [5, 5.41) is 3.02. The minimum atomic E-state index is -3.57. The first-order valence-corrected chi connectivity index (χ1v) is 10.1. The van der Waals surface area contributed by atoms with E-state index in [1.807, 2.05) is 35.7 Å². The monoisotopic (exact) mass is 365 g/mol. The molecule has 1 heterocycles. The fourth-order valence-corrected chi connectivity index (χ4v) is 4.30. The van der Waals surface area contributed by atoms with Crippen molar-refractivity contribution in [3.05, 3.63) is 59.5 Å². The van der Waals surface area contributed by atoms with Crippen molar-refractivity contribution in [3.63, 3.8) is 0 Å². The van der Waals surface area contributed by atoms with Crippen molar-refractivity contribution in [1.29, 1.82) is 0 Å². The van der Waals surface area contributed by atoms with Crippen molar-refractivity contribution < 1.29 is 8.42 Å². The van der Waals surface area contributed by atoms with Crippen LogP contribution >= 0.6 is 22.9 Å². The number of fused-ring (bicyclic) bond motifs is 1. The van der Waals surface area contributed by atoms with Gasteiger partial charge in [0, 0.05) is 16.3 Å². The Hall–Kier alpha value is -1.56. The van der Waals surface area contributed by atoms with Crippen LogP contribution in [-0.2, 0) is 16.4 Å². The van der Waals surface area contributed by atoms with Gasteiger partial charge in [-0.15, -0.1) is 22.9 Å². The highest BCUT2D eigenvalue weighted by Gasteiger charge is 2.14. The first kappa shape index (κ1) is 16.3. The predicted octanol–water partition coefficient (Wildman–Crippen LogP) is 4.87. The Kier molecular flexibility index (Phi) is 4.90. The van der Waals surface area contributed by atoms with Crippen LogP contribution in [0.1, 0.15) is 12.0 Å². The van der Waals surface area contributed by atoms with Crippen LogP contribution in [0.5, 0.6) is 0 Å². The van der Waals surface area contributed by atoms with E-state index in [1.54, 1.807) is 29.5 Å². The Morgan fingerprint density at radius 2 is 1.83 bits per heavy atom. The molecule has 0 saturated heterocycles. The van der Waals surface area contributed by atoms with E-state index in [9.17, 15) is 8.42 Å². The zero-order chi connectivity index (χ0) is 16.3. The van der Waals surface area contributed by atoms with E-state index in [4.69, 9.17) is 11.6 Å². The number of alkyl halides is 1. The lowest BCUT2D eigenvalue weighted by Crippen LogP contribution is -2.12. The third-order valence-electron chi connectivity index (χ3n) is 3.54. The number of anilines is 1. The van der Waals surface area contributed by atoms with Gasteiger partial charge >= 0.3 is 0 Å². The lowest BCUT2D eigenvalue weighted by molar-refractivity contribution is 0.601. The fourth-order valence-electron chi connectivity index (χ4n) is 2.35. The second-order valence-corrected chi connectivity index (χ2v) is 8.22. The van der Waals surface area contributed by atoms with Crippen molar-refractivity contribution >= 4 is 48.7 Å². The second kappa shape index (κ2) is 6.91. The Morgan fingerprint density at radius 1 is 1.04 bits per heavy atom. The Bertz CT molecular complexity index is 902. The van der Waals surface area contributed by atoms with Crippen molar-refractivity contribution in [2.45, 2.75) is 17.7 Å². The van der Waals surface area contributed by atoms with E-state index >= 15 is 0 Å². The molecule has 3 rings (SSSR count). The molecule has 0 saturated carbocycles. The summed E-state index contributed by atoms with van der Waals surface area (Å²) in [5.41, 5.74) is 1.66. The van der Waals surface area contributed by atoms with Crippen LogP contribution in [-0.4, -0.2) is 14.3 Å². The van der Waals surface area contributed by atoms with Gasteiger partial charge in [-0.05, 0) is 65.6 Å². The van der Waals surface area contributed by atoms with Gasteiger partial charge in [0.2, 0.25) is 0 Å². The van der Waals surface area contributed by atoms with Crippen LogP contribution in [0.4, 0.5) is 5.69 Å². The molecule has 0 radical (unpaired) electrons. The lowest BCUT2D eigenvalue weighted by Gasteiger charge is -2.09. The van der Waals surface area contributed by atoms with Crippen LogP contribution in [0, 0.1) is 0 Å². The van der Waals surface area contributed by atoms with Gasteiger partial charge in [-0.2, -0.15) is 0 Å². The molecule has 0 fully saturated rings. The maximum Gasteiger partial charge on any atom is 0.261 e. The number of halogens is 1. The molecule has 6 heteroatoms. The molecule has 0 aliphatic carbocycles. The number of hydrogen-bond acceptors (Lipinski definition) is 3. The number of benzene rings is 2. The summed E-state index contributed by atoms with van der Waals surface area (Å²) in [5.74, 6) is 0.604. The molecule has 0 spiro atoms. The van der Waals surface area contributed by atoms with Crippen LogP contribution in [0.2, 0.25) is 0 Å². The molecule has 0 aliphatic rings. The number of nitrogens with one attached hydrogen (secondary N) is 1. The summed E-state index contributed by atoms with van der Waals surface area (Å²) in [6, 6.07) is 14.5. The molecule has 3 nitrogen and oxygen atoms in total. The minimum absolute atomic E-state index is 0.262. The highest BCUT2D eigenvalue weighted by Crippen LogP contribution is 2.25. The SMILES string of the molecule is O=S(=O)(Nc1ccc2sccc2c1)c1ccc(CCCCl)cc1. The Labute approximate surface area is 145 Å². The predicted molar refractivity (Wildman–Crippen MR) is 98.1 cm³/mol. The van der Waals surface area contributed by atoms with Gasteiger partial charge in [-0.3, -0.25) is 4.72 Å². The second-order valence-electron chi connectivity index (χ2n) is 5.22. The average Bonchev–Trinajstić information content (AvgIpc) is 3.00. The molecule has 23 heavy (non-hydrogen) atoms. The fraction of sp³-hybridized carbons (Fsp3) is 0.176. The highest BCUT2D eigenvalue weighted by atomic mass is 35.5. The van der Waals surface area contributed by atoms with Crippen LogP contribution in [0.25, 0.3) is 10.1 Å². The molecule has 3 aromatic rings. The molecular formula is C17H16ClNO2S2. The third kappa shape index (κ3) is 3.86. The first-order chi connectivity index (χ1) is 11.1. The zero-order valence-corrected chi connectivity index (χ0v) is 14.7. The summed E-state index contributed by atoms with van der Waals surface area (Å²) in [6.07, 6.45) is 1.73. The maximum atomic E-state index is 12.5. The van der Waals surface area contributed by atoms with Crippen molar-refractivity contribution in [2.75, 3.05) is 10.6 Å². The zero-order valence-electron chi connectivity index (χ0n) is 12.3. The van der Waals surface area contributed by atoms with E-state index in [1.165, 1.54) is 0 Å². The number of rotatable bonds is 6. The number of aryl methyl sites for hydroxylation is 1. The smallest absolute Gasteiger partial charge is 0.261 e. The van der Waals surface area contributed by atoms with Crippen molar-refractivity contribution in [3.8, 4) is 0 Å². The summed E-state index contributed by atoms with van der Waals surface area (Å²) < 4.78 is 28.7. The van der Waals surface area contributed by atoms with E-state index in [-0.39, 0.29) is 4.90 Å². The number of sulfonamides is 1. The van der Waals surface area contributed by atoms with Gasteiger partial charge in [0.05, 0.1) is 4.90 Å². The summed E-state index contributed by atoms with van der Waals surface area (Å²) in [4.78, 5) is 0.262. The van der Waals surface area contributed by atoms with Gasteiger partial charge in [0.15, 0.2) is 0 Å². The van der Waals surface area contributed by atoms with Crippen LogP contribution in [0.3, 0.4) is 0 Å². The molecule has 0 aliphatic heterocycles. The Balaban J connectivity index is 1.80. The van der Waals surface area contributed by atoms with Gasteiger partial charge in [-0.1, -0.05) is 12.1 Å². The molecular weight excluding hydrogens is 350 g/mol. The summed E-state index contributed by atoms with van der Waals surface area (Å²) >= 11 is 7.31.